The molecule has 3 unspecified atom stereocenters. The summed E-state index contributed by atoms with van der Waals surface area (Å²) in [4.78, 5) is 0. The van der Waals surface area contributed by atoms with Crippen molar-refractivity contribution in [1.29, 1.82) is 0 Å². The number of halogens is 3. The number of hydrogen-bond donors (Lipinski definition) is 1. The van der Waals surface area contributed by atoms with Crippen LogP contribution in [0.25, 0.3) is 0 Å². The Morgan fingerprint density at radius 2 is 2.00 bits per heavy atom. The molecule has 3 atom stereocenters. The van der Waals surface area contributed by atoms with Gasteiger partial charge in [-0.05, 0) is 51.5 Å². The molecule has 0 aromatic carbocycles. The van der Waals surface area contributed by atoms with Gasteiger partial charge in [0.25, 0.3) is 0 Å². The lowest BCUT2D eigenvalue weighted by Crippen LogP contribution is -2.42. The SMILES string of the molecule is FC(F)(F)C1CCNC(CCCC2CCCO2)C1. The van der Waals surface area contributed by atoms with Crippen LogP contribution in [0.3, 0.4) is 0 Å². The van der Waals surface area contributed by atoms with Crippen LogP contribution >= 0.6 is 0 Å². The summed E-state index contributed by atoms with van der Waals surface area (Å²) in [6, 6.07) is 0.0341. The highest BCUT2D eigenvalue weighted by Gasteiger charge is 2.41. The molecule has 0 aromatic rings. The van der Waals surface area contributed by atoms with Gasteiger partial charge >= 0.3 is 6.18 Å². The molecular weight excluding hydrogens is 243 g/mol. The van der Waals surface area contributed by atoms with E-state index in [4.69, 9.17) is 4.74 Å². The molecule has 2 saturated heterocycles. The summed E-state index contributed by atoms with van der Waals surface area (Å²) < 4.78 is 43.4. The summed E-state index contributed by atoms with van der Waals surface area (Å²) in [7, 11) is 0. The van der Waals surface area contributed by atoms with Crippen molar-refractivity contribution >= 4 is 0 Å². The van der Waals surface area contributed by atoms with Crippen molar-refractivity contribution in [3.63, 3.8) is 0 Å². The van der Waals surface area contributed by atoms with Crippen LogP contribution in [0, 0.1) is 5.92 Å². The van der Waals surface area contributed by atoms with Gasteiger partial charge in [-0.2, -0.15) is 13.2 Å². The van der Waals surface area contributed by atoms with Crippen LogP contribution in [-0.2, 0) is 4.74 Å². The molecule has 2 aliphatic heterocycles. The van der Waals surface area contributed by atoms with Gasteiger partial charge in [-0.15, -0.1) is 0 Å². The Kier molecular flexibility index (Phi) is 4.90. The van der Waals surface area contributed by atoms with Crippen molar-refractivity contribution in [2.45, 2.75) is 63.3 Å². The Balaban J connectivity index is 1.66. The third-order valence-electron chi connectivity index (χ3n) is 4.06. The minimum absolute atomic E-state index is 0.0341. The molecule has 2 aliphatic rings. The van der Waals surface area contributed by atoms with E-state index < -0.39 is 12.1 Å². The van der Waals surface area contributed by atoms with Crippen LogP contribution in [-0.4, -0.2) is 31.5 Å². The molecule has 2 nitrogen and oxygen atoms in total. The summed E-state index contributed by atoms with van der Waals surface area (Å²) in [6.07, 6.45) is 1.85. The monoisotopic (exact) mass is 265 g/mol. The van der Waals surface area contributed by atoms with Gasteiger partial charge < -0.3 is 10.1 Å². The fourth-order valence-corrected chi connectivity index (χ4v) is 2.99. The Hall–Kier alpha value is -0.290. The molecule has 1 N–H and O–H groups in total. The number of hydrogen-bond acceptors (Lipinski definition) is 2. The van der Waals surface area contributed by atoms with E-state index in [1.54, 1.807) is 0 Å². The van der Waals surface area contributed by atoms with Gasteiger partial charge in [-0.1, -0.05) is 0 Å². The van der Waals surface area contributed by atoms with Crippen molar-refractivity contribution in [3.8, 4) is 0 Å². The highest BCUT2D eigenvalue weighted by molar-refractivity contribution is 4.82. The quantitative estimate of drug-likeness (QED) is 0.842. The average molecular weight is 265 g/mol. The van der Waals surface area contributed by atoms with Crippen LogP contribution in [0.5, 0.6) is 0 Å². The van der Waals surface area contributed by atoms with E-state index in [0.717, 1.165) is 38.7 Å². The molecule has 2 heterocycles. The molecule has 0 spiro atoms. The summed E-state index contributed by atoms with van der Waals surface area (Å²) in [5, 5.41) is 3.21. The minimum Gasteiger partial charge on any atom is -0.378 e. The van der Waals surface area contributed by atoms with E-state index in [-0.39, 0.29) is 18.9 Å². The minimum atomic E-state index is -4.02. The predicted octanol–water partition coefficient (Wildman–Crippen LogP) is 3.27. The molecule has 0 radical (unpaired) electrons. The molecule has 5 heteroatoms. The van der Waals surface area contributed by atoms with Gasteiger partial charge in [0.15, 0.2) is 0 Å². The Morgan fingerprint density at radius 3 is 2.67 bits per heavy atom. The van der Waals surface area contributed by atoms with Gasteiger partial charge in [-0.3, -0.25) is 0 Å². The third-order valence-corrected chi connectivity index (χ3v) is 4.06. The van der Waals surface area contributed by atoms with Crippen LogP contribution in [0.4, 0.5) is 13.2 Å². The zero-order valence-corrected chi connectivity index (χ0v) is 10.6. The molecule has 2 rings (SSSR count). The van der Waals surface area contributed by atoms with Gasteiger partial charge in [0.05, 0.1) is 12.0 Å². The molecule has 0 saturated carbocycles. The maximum Gasteiger partial charge on any atom is 0.391 e. The number of alkyl halides is 3. The second kappa shape index (κ2) is 6.24. The standard InChI is InChI=1S/C13H22F3NO/c14-13(15,16)10-6-7-17-11(9-10)3-1-4-12-5-2-8-18-12/h10-12,17H,1-9H2. The number of nitrogens with one attached hydrogen (secondary N) is 1. The summed E-state index contributed by atoms with van der Waals surface area (Å²) in [5.74, 6) is -1.11. The maximum atomic E-state index is 12.6. The van der Waals surface area contributed by atoms with Crippen LogP contribution in [0.2, 0.25) is 0 Å². The molecule has 0 aliphatic carbocycles. The first-order valence-electron chi connectivity index (χ1n) is 6.97. The Bertz CT molecular complexity index is 251. The third kappa shape index (κ3) is 4.12. The number of ether oxygens (including phenoxy) is 1. The summed E-state index contributed by atoms with van der Waals surface area (Å²) >= 11 is 0. The van der Waals surface area contributed by atoms with E-state index in [1.807, 2.05) is 0 Å². The zero-order chi connectivity index (χ0) is 13.0. The van der Waals surface area contributed by atoms with E-state index in [9.17, 15) is 13.2 Å². The first-order chi connectivity index (χ1) is 8.55. The lowest BCUT2D eigenvalue weighted by atomic mass is 9.89. The van der Waals surface area contributed by atoms with Gasteiger partial charge in [0.2, 0.25) is 0 Å². The lowest BCUT2D eigenvalue weighted by Gasteiger charge is -2.31. The highest BCUT2D eigenvalue weighted by Crippen LogP contribution is 2.35. The smallest absolute Gasteiger partial charge is 0.378 e. The molecule has 0 aromatic heterocycles. The van der Waals surface area contributed by atoms with Crippen molar-refractivity contribution in [2.24, 2.45) is 5.92 Å². The first kappa shape index (κ1) is 14.1. The highest BCUT2D eigenvalue weighted by atomic mass is 19.4. The van der Waals surface area contributed by atoms with Gasteiger partial charge in [-0.25, -0.2) is 0 Å². The fourth-order valence-electron chi connectivity index (χ4n) is 2.99. The van der Waals surface area contributed by atoms with Crippen LogP contribution in [0.1, 0.15) is 44.9 Å². The molecule has 18 heavy (non-hydrogen) atoms. The van der Waals surface area contributed by atoms with E-state index in [2.05, 4.69) is 5.32 Å². The van der Waals surface area contributed by atoms with E-state index >= 15 is 0 Å². The van der Waals surface area contributed by atoms with Crippen molar-refractivity contribution in [2.75, 3.05) is 13.2 Å². The van der Waals surface area contributed by atoms with Crippen LogP contribution < -0.4 is 5.32 Å². The Labute approximate surface area is 106 Å². The van der Waals surface area contributed by atoms with Gasteiger partial charge in [0.1, 0.15) is 0 Å². The first-order valence-corrected chi connectivity index (χ1v) is 6.97. The largest absolute Gasteiger partial charge is 0.391 e. The molecule has 106 valence electrons. The van der Waals surface area contributed by atoms with Crippen molar-refractivity contribution in [1.82, 2.24) is 5.32 Å². The normalized spacial score (nSPS) is 33.8. The van der Waals surface area contributed by atoms with Crippen LogP contribution in [0.15, 0.2) is 0 Å². The predicted molar refractivity (Wildman–Crippen MR) is 63.4 cm³/mol. The average Bonchev–Trinajstić information content (AvgIpc) is 2.81. The molecular formula is C13H22F3NO. The van der Waals surface area contributed by atoms with Crippen molar-refractivity contribution in [3.05, 3.63) is 0 Å². The molecule has 2 fully saturated rings. The lowest BCUT2D eigenvalue weighted by molar-refractivity contribution is -0.183. The number of rotatable bonds is 4. The topological polar surface area (TPSA) is 21.3 Å². The number of piperidine rings is 1. The summed E-state index contributed by atoms with van der Waals surface area (Å²) in [6.45, 7) is 1.34. The molecule has 0 amide bonds. The summed E-state index contributed by atoms with van der Waals surface area (Å²) in [5.41, 5.74) is 0. The fraction of sp³-hybridized carbons (Fsp3) is 1.00. The van der Waals surface area contributed by atoms with E-state index in [1.165, 1.54) is 0 Å². The van der Waals surface area contributed by atoms with E-state index in [0.29, 0.717) is 12.6 Å². The zero-order valence-electron chi connectivity index (χ0n) is 10.6. The second-order valence-electron chi connectivity index (χ2n) is 5.48. The second-order valence-corrected chi connectivity index (χ2v) is 5.48. The van der Waals surface area contributed by atoms with Gasteiger partial charge in [0, 0.05) is 12.6 Å². The molecule has 0 bridgehead atoms. The maximum absolute atomic E-state index is 12.6. The Morgan fingerprint density at radius 1 is 1.17 bits per heavy atom. The van der Waals surface area contributed by atoms with Crippen molar-refractivity contribution < 1.29 is 17.9 Å².